The normalized spacial score (nSPS) is 6.75. The molecule has 0 aliphatic heterocycles. The van der Waals surface area contributed by atoms with Crippen LogP contribution in [-0.4, -0.2) is 17.5 Å². The molecule has 0 aromatic rings. The molecule has 1 nitrogen and oxygen atoms in total. The van der Waals surface area contributed by atoms with Crippen molar-refractivity contribution in [3.05, 3.63) is 13.2 Å². The largest absolute Gasteiger partial charge is 0.297 e. The average Bonchev–Trinajstić information content (AvgIpc) is 1.91. The molecule has 8 heavy (non-hydrogen) atoms. The maximum atomic E-state index is 9.92. The lowest BCUT2D eigenvalue weighted by Gasteiger charge is -1.77. The van der Waals surface area contributed by atoms with E-state index in [1.54, 1.807) is 0 Å². The summed E-state index contributed by atoms with van der Waals surface area (Å²) in [6.45, 7) is 6.00. The van der Waals surface area contributed by atoms with Gasteiger partial charge in [-0.2, -0.15) is 0 Å². The van der Waals surface area contributed by atoms with Crippen LogP contribution in [0.25, 0.3) is 0 Å². The minimum Gasteiger partial charge on any atom is -0.297 e. The van der Waals surface area contributed by atoms with E-state index in [-0.39, 0.29) is 17.5 Å². The molecule has 3 heteroatoms. The molecule has 0 saturated heterocycles. The van der Waals surface area contributed by atoms with Crippen molar-refractivity contribution < 1.29 is 4.79 Å². The Morgan fingerprint density at radius 2 is 1.50 bits per heavy atom. The van der Waals surface area contributed by atoms with Gasteiger partial charge in [0.05, 0.1) is 11.8 Å². The SMILES string of the molecule is C=C.O=C(CCl)CCl. The summed E-state index contributed by atoms with van der Waals surface area (Å²) in [6, 6.07) is 0. The zero-order valence-electron chi connectivity index (χ0n) is 4.49. The van der Waals surface area contributed by atoms with E-state index in [4.69, 9.17) is 23.2 Å². The molecule has 0 amide bonds. The van der Waals surface area contributed by atoms with E-state index in [0.29, 0.717) is 0 Å². The first-order valence-electron chi connectivity index (χ1n) is 1.95. The van der Waals surface area contributed by atoms with Gasteiger partial charge in [-0.1, -0.05) is 0 Å². The molecule has 0 aromatic carbocycles. The topological polar surface area (TPSA) is 17.1 Å². The number of rotatable bonds is 2. The maximum Gasteiger partial charge on any atom is 0.162 e. The molecule has 0 bridgehead atoms. The molecular formula is C5H8Cl2O. The van der Waals surface area contributed by atoms with Crippen molar-refractivity contribution in [3.8, 4) is 0 Å². The van der Waals surface area contributed by atoms with E-state index in [1.807, 2.05) is 0 Å². The molecule has 0 heterocycles. The number of carbonyl (C=O) groups is 1. The first-order valence-corrected chi connectivity index (χ1v) is 3.01. The lowest BCUT2D eigenvalue weighted by Crippen LogP contribution is -1.98. The lowest BCUT2D eigenvalue weighted by molar-refractivity contribution is -0.114. The Morgan fingerprint density at radius 1 is 1.25 bits per heavy atom. The van der Waals surface area contributed by atoms with Gasteiger partial charge in [0, 0.05) is 0 Å². The Balaban J connectivity index is 0. The predicted molar refractivity (Wildman–Crippen MR) is 37.7 cm³/mol. The summed E-state index contributed by atoms with van der Waals surface area (Å²) in [4.78, 5) is 9.92. The summed E-state index contributed by atoms with van der Waals surface area (Å²) in [5.74, 6) is -0.0640. The summed E-state index contributed by atoms with van der Waals surface area (Å²) in [6.07, 6.45) is 0. The molecule has 0 radical (unpaired) electrons. The smallest absolute Gasteiger partial charge is 0.162 e. The molecule has 0 fully saturated rings. The highest BCUT2D eigenvalue weighted by atomic mass is 35.5. The van der Waals surface area contributed by atoms with E-state index < -0.39 is 0 Å². The van der Waals surface area contributed by atoms with E-state index in [0.717, 1.165) is 0 Å². The number of hydrogen-bond acceptors (Lipinski definition) is 1. The van der Waals surface area contributed by atoms with E-state index in [1.165, 1.54) is 0 Å². The Labute approximate surface area is 59.3 Å². The summed E-state index contributed by atoms with van der Waals surface area (Å²) in [5, 5.41) is 0. The molecule has 0 unspecified atom stereocenters. The third kappa shape index (κ3) is 9.37. The molecule has 0 aliphatic rings. The van der Waals surface area contributed by atoms with Gasteiger partial charge in [0.1, 0.15) is 0 Å². The second-order valence-corrected chi connectivity index (χ2v) is 1.34. The molecule has 0 rings (SSSR count). The van der Waals surface area contributed by atoms with Crippen molar-refractivity contribution in [2.45, 2.75) is 0 Å². The fraction of sp³-hybridized carbons (Fsp3) is 0.400. The average molecular weight is 155 g/mol. The highest BCUT2D eigenvalue weighted by Crippen LogP contribution is 1.80. The number of ketones is 1. The number of hydrogen-bond donors (Lipinski definition) is 0. The molecule has 0 N–H and O–H groups in total. The van der Waals surface area contributed by atoms with Gasteiger partial charge in [0.15, 0.2) is 5.78 Å². The van der Waals surface area contributed by atoms with Gasteiger partial charge in [0.25, 0.3) is 0 Å². The van der Waals surface area contributed by atoms with Crippen molar-refractivity contribution >= 4 is 29.0 Å². The number of alkyl halides is 2. The third-order valence-corrected chi connectivity index (χ3v) is 0.894. The quantitative estimate of drug-likeness (QED) is 0.439. The van der Waals surface area contributed by atoms with Crippen molar-refractivity contribution in [3.63, 3.8) is 0 Å². The molecule has 0 atom stereocenters. The second-order valence-electron chi connectivity index (χ2n) is 0.806. The van der Waals surface area contributed by atoms with Gasteiger partial charge in [0.2, 0.25) is 0 Å². The summed E-state index contributed by atoms with van der Waals surface area (Å²) >= 11 is 10.0. The van der Waals surface area contributed by atoms with Crippen LogP contribution < -0.4 is 0 Å². The third-order valence-electron chi connectivity index (χ3n) is 0.298. The Morgan fingerprint density at radius 3 is 1.50 bits per heavy atom. The van der Waals surface area contributed by atoms with Crippen molar-refractivity contribution in [1.29, 1.82) is 0 Å². The fourth-order valence-electron chi connectivity index (χ4n) is 0.0357. The number of halogens is 2. The first-order chi connectivity index (χ1) is 3.81. The lowest BCUT2D eigenvalue weighted by atomic mass is 10.5. The van der Waals surface area contributed by atoms with E-state index in [2.05, 4.69) is 13.2 Å². The van der Waals surface area contributed by atoms with E-state index >= 15 is 0 Å². The molecule has 0 spiro atoms. The second kappa shape index (κ2) is 10.1. The van der Waals surface area contributed by atoms with Gasteiger partial charge in [-0.3, -0.25) is 4.79 Å². The summed E-state index contributed by atoms with van der Waals surface area (Å²) in [7, 11) is 0. The first kappa shape index (κ1) is 10.9. The molecule has 0 aromatic heterocycles. The van der Waals surface area contributed by atoms with Crippen LogP contribution in [0.15, 0.2) is 13.2 Å². The zero-order valence-corrected chi connectivity index (χ0v) is 6.00. The predicted octanol–water partition coefficient (Wildman–Crippen LogP) is 1.84. The minimum absolute atomic E-state index is 0.0312. The highest BCUT2D eigenvalue weighted by Gasteiger charge is 1.90. The van der Waals surface area contributed by atoms with Gasteiger partial charge in [-0.05, 0) is 0 Å². The van der Waals surface area contributed by atoms with Crippen molar-refractivity contribution in [2.75, 3.05) is 11.8 Å². The monoisotopic (exact) mass is 154 g/mol. The Hall–Kier alpha value is -0.0100. The van der Waals surface area contributed by atoms with Crippen LogP contribution in [0.2, 0.25) is 0 Å². The van der Waals surface area contributed by atoms with E-state index in [9.17, 15) is 4.79 Å². The highest BCUT2D eigenvalue weighted by molar-refractivity contribution is 6.35. The van der Waals surface area contributed by atoms with Gasteiger partial charge >= 0.3 is 0 Å². The molecular weight excluding hydrogens is 147 g/mol. The van der Waals surface area contributed by atoms with Crippen LogP contribution in [0.5, 0.6) is 0 Å². The van der Waals surface area contributed by atoms with Crippen molar-refractivity contribution in [2.24, 2.45) is 0 Å². The fourth-order valence-corrected chi connectivity index (χ4v) is 0.321. The summed E-state index contributed by atoms with van der Waals surface area (Å²) < 4.78 is 0. The van der Waals surface area contributed by atoms with Gasteiger partial charge in [-0.15, -0.1) is 36.4 Å². The maximum absolute atomic E-state index is 9.92. The molecule has 0 aliphatic carbocycles. The number of carbonyl (C=O) groups excluding carboxylic acids is 1. The molecule has 48 valence electrons. The number of Topliss-reactive ketones (excluding diaryl/α,β-unsaturated/α-hetero) is 1. The van der Waals surface area contributed by atoms with Gasteiger partial charge < -0.3 is 0 Å². The zero-order chi connectivity index (χ0) is 6.99. The summed E-state index contributed by atoms with van der Waals surface area (Å²) in [5.41, 5.74) is 0. The minimum atomic E-state index is -0.127. The van der Waals surface area contributed by atoms with Crippen molar-refractivity contribution in [1.82, 2.24) is 0 Å². The van der Waals surface area contributed by atoms with Crippen LogP contribution in [0.4, 0.5) is 0 Å². The van der Waals surface area contributed by atoms with Gasteiger partial charge in [-0.25, -0.2) is 0 Å². The standard InChI is InChI=1S/C3H4Cl2O.C2H4/c4-1-3(6)2-5;1-2/h1-2H2;1-2H2. The van der Waals surface area contributed by atoms with Crippen LogP contribution in [0.3, 0.4) is 0 Å². The van der Waals surface area contributed by atoms with Crippen LogP contribution in [-0.2, 0) is 4.79 Å². The van der Waals surface area contributed by atoms with Crippen LogP contribution in [0, 0.1) is 0 Å². The Kier molecular flexibility index (Phi) is 13.7. The van der Waals surface area contributed by atoms with Crippen LogP contribution in [0.1, 0.15) is 0 Å². The van der Waals surface area contributed by atoms with Crippen LogP contribution >= 0.6 is 23.2 Å². The molecule has 0 saturated carbocycles. The Bertz CT molecular complexity index is 57.4.